The Morgan fingerprint density at radius 2 is 2.00 bits per heavy atom. The average molecular weight is 346 g/mol. The van der Waals surface area contributed by atoms with E-state index in [0.29, 0.717) is 17.4 Å². The highest BCUT2D eigenvalue weighted by molar-refractivity contribution is 6.02. The molecule has 1 aromatic carbocycles. The van der Waals surface area contributed by atoms with Crippen molar-refractivity contribution in [1.82, 2.24) is 5.32 Å². The maximum atomic E-state index is 12.4. The number of nitrogens with one attached hydrogen (secondary N) is 1. The normalized spacial score (nSPS) is 15.6. The second kappa shape index (κ2) is 7.46. The molecule has 0 bridgehead atoms. The van der Waals surface area contributed by atoms with Crippen LogP contribution in [-0.2, 0) is 15.0 Å². The molecular formula is C20H30N2O3. The average Bonchev–Trinajstić information content (AvgIpc) is 2.56. The van der Waals surface area contributed by atoms with Crippen LogP contribution in [0, 0.1) is 5.92 Å². The number of hydrogen-bond acceptors (Lipinski definition) is 3. The van der Waals surface area contributed by atoms with Crippen LogP contribution in [0.2, 0.25) is 0 Å². The Morgan fingerprint density at radius 3 is 2.60 bits per heavy atom. The van der Waals surface area contributed by atoms with Gasteiger partial charge >= 0.3 is 0 Å². The molecular weight excluding hydrogens is 316 g/mol. The van der Waals surface area contributed by atoms with Crippen molar-refractivity contribution < 1.29 is 14.3 Å². The van der Waals surface area contributed by atoms with Crippen LogP contribution in [0.3, 0.4) is 0 Å². The molecule has 1 aliphatic rings. The van der Waals surface area contributed by atoms with E-state index < -0.39 is 0 Å². The lowest BCUT2D eigenvalue weighted by Gasteiger charge is -2.32. The summed E-state index contributed by atoms with van der Waals surface area (Å²) in [6.45, 7) is 12.5. The quantitative estimate of drug-likeness (QED) is 0.860. The van der Waals surface area contributed by atoms with Crippen LogP contribution in [0.15, 0.2) is 18.2 Å². The molecule has 2 rings (SSSR count). The summed E-state index contributed by atoms with van der Waals surface area (Å²) in [5.41, 5.74) is 1.81. The van der Waals surface area contributed by atoms with Crippen molar-refractivity contribution in [2.75, 3.05) is 18.1 Å². The number of ether oxygens (including phenoxy) is 1. The van der Waals surface area contributed by atoms with E-state index in [1.165, 1.54) is 4.90 Å². The molecule has 0 spiro atoms. The van der Waals surface area contributed by atoms with Crippen molar-refractivity contribution in [2.24, 2.45) is 5.92 Å². The van der Waals surface area contributed by atoms with Crippen molar-refractivity contribution >= 4 is 17.5 Å². The van der Waals surface area contributed by atoms with Crippen LogP contribution in [0.4, 0.5) is 5.69 Å². The summed E-state index contributed by atoms with van der Waals surface area (Å²) in [4.78, 5) is 26.3. The molecule has 0 aromatic heterocycles. The number of hydrogen-bond donors (Lipinski definition) is 1. The number of rotatable bonds is 6. The fraction of sp³-hybridized carbons (Fsp3) is 0.600. The number of fused-ring (bicyclic) bond motifs is 1. The van der Waals surface area contributed by atoms with Gasteiger partial charge in [-0.05, 0) is 42.4 Å². The summed E-state index contributed by atoms with van der Waals surface area (Å²) in [7, 11) is 0. The van der Waals surface area contributed by atoms with Gasteiger partial charge in [0.15, 0.2) is 6.61 Å². The summed E-state index contributed by atoms with van der Waals surface area (Å²) in [6, 6.07) is 5.98. The number of carbonyl (C=O) groups is 2. The number of anilines is 1. The Kier molecular flexibility index (Phi) is 5.76. The highest BCUT2D eigenvalue weighted by Crippen LogP contribution is 2.37. The zero-order valence-electron chi connectivity index (χ0n) is 16.2. The number of amides is 2. The molecule has 2 amide bonds. The van der Waals surface area contributed by atoms with Crippen LogP contribution in [0.25, 0.3) is 0 Å². The van der Waals surface area contributed by atoms with Gasteiger partial charge in [0, 0.05) is 6.04 Å². The van der Waals surface area contributed by atoms with E-state index >= 15 is 0 Å². The van der Waals surface area contributed by atoms with Gasteiger partial charge in [-0.2, -0.15) is 0 Å². The molecule has 1 N–H and O–H groups in total. The minimum atomic E-state index is -0.189. The molecule has 1 atom stereocenters. The maximum absolute atomic E-state index is 12.4. The Balaban J connectivity index is 2.27. The van der Waals surface area contributed by atoms with Gasteiger partial charge in [-0.1, -0.05) is 40.7 Å². The fourth-order valence-electron chi connectivity index (χ4n) is 2.61. The lowest BCUT2D eigenvalue weighted by molar-refractivity contribution is -0.125. The van der Waals surface area contributed by atoms with Crippen LogP contribution < -0.4 is 15.0 Å². The monoisotopic (exact) mass is 346 g/mol. The van der Waals surface area contributed by atoms with E-state index in [4.69, 9.17) is 4.74 Å². The second-order valence-electron chi connectivity index (χ2n) is 7.79. The van der Waals surface area contributed by atoms with Gasteiger partial charge in [-0.25, -0.2) is 0 Å². The summed E-state index contributed by atoms with van der Waals surface area (Å²) in [6.07, 6.45) is 0.979. The zero-order valence-corrected chi connectivity index (χ0v) is 16.2. The van der Waals surface area contributed by atoms with Crippen molar-refractivity contribution in [3.8, 4) is 5.75 Å². The van der Waals surface area contributed by atoms with E-state index in [9.17, 15) is 9.59 Å². The molecule has 0 fully saturated rings. The SMILES string of the molecule is CCC(C)(C)c1ccc2c(c1)N(CC(=O)NC(C)C(C)C)C(=O)CO2. The first-order chi connectivity index (χ1) is 11.7. The first kappa shape index (κ1) is 19.3. The van der Waals surface area contributed by atoms with Crippen LogP contribution in [-0.4, -0.2) is 31.0 Å². The number of carbonyl (C=O) groups excluding carboxylic acids is 2. The van der Waals surface area contributed by atoms with Crippen molar-refractivity contribution in [3.63, 3.8) is 0 Å². The van der Waals surface area contributed by atoms with Gasteiger partial charge in [0.1, 0.15) is 12.3 Å². The third-order valence-corrected chi connectivity index (χ3v) is 5.26. The number of nitrogens with zero attached hydrogens (tertiary/aromatic N) is 1. The molecule has 1 unspecified atom stereocenters. The molecule has 1 aliphatic heterocycles. The maximum Gasteiger partial charge on any atom is 0.265 e. The first-order valence-electron chi connectivity index (χ1n) is 9.02. The molecule has 0 saturated carbocycles. The molecule has 25 heavy (non-hydrogen) atoms. The largest absolute Gasteiger partial charge is 0.482 e. The van der Waals surface area contributed by atoms with Gasteiger partial charge in [-0.15, -0.1) is 0 Å². The minimum absolute atomic E-state index is 0.00435. The molecule has 1 heterocycles. The van der Waals surface area contributed by atoms with Crippen molar-refractivity contribution in [3.05, 3.63) is 23.8 Å². The topological polar surface area (TPSA) is 58.6 Å². The molecule has 0 aliphatic carbocycles. The van der Waals surface area contributed by atoms with E-state index in [2.05, 4.69) is 39.9 Å². The first-order valence-corrected chi connectivity index (χ1v) is 9.02. The third-order valence-electron chi connectivity index (χ3n) is 5.26. The van der Waals surface area contributed by atoms with E-state index in [1.54, 1.807) is 0 Å². The zero-order chi connectivity index (χ0) is 18.8. The lowest BCUT2D eigenvalue weighted by atomic mass is 9.82. The number of benzene rings is 1. The van der Waals surface area contributed by atoms with Gasteiger partial charge < -0.3 is 10.1 Å². The second-order valence-corrected chi connectivity index (χ2v) is 7.79. The Labute approximate surface area is 150 Å². The Morgan fingerprint density at radius 1 is 1.32 bits per heavy atom. The van der Waals surface area contributed by atoms with Crippen molar-refractivity contribution in [1.29, 1.82) is 0 Å². The minimum Gasteiger partial charge on any atom is -0.482 e. The van der Waals surface area contributed by atoms with E-state index in [-0.39, 0.29) is 36.4 Å². The van der Waals surface area contributed by atoms with Crippen LogP contribution in [0.1, 0.15) is 53.5 Å². The molecule has 1 aromatic rings. The smallest absolute Gasteiger partial charge is 0.265 e. The molecule has 5 nitrogen and oxygen atoms in total. The predicted molar refractivity (Wildman–Crippen MR) is 100 cm³/mol. The molecule has 5 heteroatoms. The predicted octanol–water partition coefficient (Wildman–Crippen LogP) is 3.26. The van der Waals surface area contributed by atoms with E-state index in [1.807, 2.05) is 25.1 Å². The Bertz CT molecular complexity index is 652. The van der Waals surface area contributed by atoms with Crippen molar-refractivity contribution in [2.45, 2.75) is 59.4 Å². The van der Waals surface area contributed by atoms with Crippen LogP contribution >= 0.6 is 0 Å². The van der Waals surface area contributed by atoms with E-state index in [0.717, 1.165) is 12.0 Å². The summed E-state index contributed by atoms with van der Waals surface area (Å²) in [5, 5.41) is 2.96. The summed E-state index contributed by atoms with van der Waals surface area (Å²) >= 11 is 0. The summed E-state index contributed by atoms with van der Waals surface area (Å²) in [5.74, 6) is 0.655. The highest BCUT2D eigenvalue weighted by atomic mass is 16.5. The van der Waals surface area contributed by atoms with Gasteiger partial charge in [-0.3, -0.25) is 14.5 Å². The lowest BCUT2D eigenvalue weighted by Crippen LogP contribution is -2.47. The van der Waals surface area contributed by atoms with Gasteiger partial charge in [0.25, 0.3) is 5.91 Å². The molecule has 0 radical (unpaired) electrons. The molecule has 0 saturated heterocycles. The standard InChI is InChI=1S/C20H30N2O3/c1-7-20(5,6)15-8-9-17-16(10-15)22(19(24)12-25-17)11-18(23)21-14(4)13(2)3/h8-10,13-14H,7,11-12H2,1-6H3,(H,21,23). The third kappa shape index (κ3) is 4.33. The Hall–Kier alpha value is -2.04. The van der Waals surface area contributed by atoms with Gasteiger partial charge in [0.2, 0.25) is 5.91 Å². The highest BCUT2D eigenvalue weighted by Gasteiger charge is 2.30. The fourth-order valence-corrected chi connectivity index (χ4v) is 2.61. The van der Waals surface area contributed by atoms with Gasteiger partial charge in [0.05, 0.1) is 5.69 Å². The van der Waals surface area contributed by atoms with Crippen LogP contribution in [0.5, 0.6) is 5.75 Å². The molecule has 138 valence electrons. The summed E-state index contributed by atoms with van der Waals surface area (Å²) < 4.78 is 5.55.